The minimum absolute atomic E-state index is 0.189. The Labute approximate surface area is 259 Å². The monoisotopic (exact) mass is 605 g/mol. The Morgan fingerprint density at radius 3 is 2.45 bits per heavy atom. The molecule has 1 saturated heterocycles. The summed E-state index contributed by atoms with van der Waals surface area (Å²) in [5, 5.41) is 5.82. The Morgan fingerprint density at radius 2 is 1.75 bits per heavy atom. The molecule has 0 saturated carbocycles. The number of hydrogen-bond acceptors (Lipinski definition) is 9. The highest BCUT2D eigenvalue weighted by Crippen LogP contribution is 2.40. The van der Waals surface area contributed by atoms with E-state index in [0.717, 1.165) is 50.6 Å². The first-order chi connectivity index (χ1) is 21.3. The van der Waals surface area contributed by atoms with E-state index in [9.17, 15) is 14.4 Å². The molecule has 4 rings (SSSR count). The van der Waals surface area contributed by atoms with Crippen LogP contribution in [0.1, 0.15) is 38.7 Å². The fraction of sp³-hybridized carbons (Fsp3) is 0.455. The molecule has 2 heterocycles. The van der Waals surface area contributed by atoms with Crippen molar-refractivity contribution in [3.8, 4) is 5.75 Å². The van der Waals surface area contributed by atoms with Gasteiger partial charge in [-0.05, 0) is 63.6 Å². The molecule has 2 aromatic carbocycles. The van der Waals surface area contributed by atoms with E-state index in [-0.39, 0.29) is 12.6 Å². The van der Waals surface area contributed by atoms with E-state index in [1.807, 2.05) is 24.3 Å². The number of allylic oxidation sites excluding steroid dienone is 1. The second-order valence-electron chi connectivity index (χ2n) is 10.8. The topological polar surface area (TPSA) is 122 Å². The SMILES string of the molecule is CCOC(=O)C1=C(C)N=C(C)C(C(=O)OC)C1c1cccc(NC(=O)NCCCN2CCN(c3ccccc3OC)CC2)c1. The highest BCUT2D eigenvalue weighted by Gasteiger charge is 2.42. The van der Waals surface area contributed by atoms with E-state index >= 15 is 0 Å². The molecule has 11 heteroatoms. The van der Waals surface area contributed by atoms with Crippen LogP contribution in [0.2, 0.25) is 0 Å². The van der Waals surface area contributed by atoms with Gasteiger partial charge in [0, 0.05) is 55.7 Å². The Hall–Kier alpha value is -4.38. The molecule has 0 radical (unpaired) electrons. The Kier molecular flexibility index (Phi) is 11.4. The summed E-state index contributed by atoms with van der Waals surface area (Å²) in [5.74, 6) is -1.62. The van der Waals surface area contributed by atoms with Crippen LogP contribution in [0.25, 0.3) is 0 Å². The quantitative estimate of drug-likeness (QED) is 0.289. The van der Waals surface area contributed by atoms with E-state index in [1.165, 1.54) is 7.11 Å². The summed E-state index contributed by atoms with van der Waals surface area (Å²) in [7, 11) is 3.01. The molecule has 0 aliphatic carbocycles. The molecule has 2 aliphatic heterocycles. The van der Waals surface area contributed by atoms with Crippen molar-refractivity contribution >= 4 is 35.1 Å². The third kappa shape index (κ3) is 7.76. The van der Waals surface area contributed by atoms with Crippen molar-refractivity contribution in [2.24, 2.45) is 10.9 Å². The van der Waals surface area contributed by atoms with Crippen molar-refractivity contribution in [1.82, 2.24) is 10.2 Å². The van der Waals surface area contributed by atoms with Gasteiger partial charge in [-0.3, -0.25) is 14.7 Å². The minimum atomic E-state index is -0.802. The van der Waals surface area contributed by atoms with Gasteiger partial charge in [0.15, 0.2) is 0 Å². The number of nitrogens with zero attached hydrogens (tertiary/aromatic N) is 3. The fourth-order valence-corrected chi connectivity index (χ4v) is 5.90. The van der Waals surface area contributed by atoms with Crippen LogP contribution in [-0.4, -0.2) is 88.7 Å². The molecular weight excluding hydrogens is 562 g/mol. The molecule has 236 valence electrons. The third-order valence-electron chi connectivity index (χ3n) is 8.02. The Balaban J connectivity index is 1.32. The van der Waals surface area contributed by atoms with Crippen LogP contribution in [0.4, 0.5) is 16.2 Å². The van der Waals surface area contributed by atoms with Crippen molar-refractivity contribution in [3.05, 3.63) is 65.4 Å². The lowest BCUT2D eigenvalue weighted by Gasteiger charge is -2.36. The number of para-hydroxylation sites is 2. The molecule has 2 amide bonds. The number of rotatable bonds is 11. The van der Waals surface area contributed by atoms with Crippen molar-refractivity contribution < 1.29 is 28.6 Å². The van der Waals surface area contributed by atoms with Crippen LogP contribution in [0.15, 0.2) is 64.8 Å². The number of nitrogens with one attached hydrogen (secondary N) is 2. The predicted molar refractivity (Wildman–Crippen MR) is 170 cm³/mol. The van der Waals surface area contributed by atoms with Crippen molar-refractivity contribution in [3.63, 3.8) is 0 Å². The maximum absolute atomic E-state index is 13.0. The van der Waals surface area contributed by atoms with Gasteiger partial charge in [-0.15, -0.1) is 0 Å². The van der Waals surface area contributed by atoms with Crippen LogP contribution < -0.4 is 20.3 Å². The molecule has 2 atom stereocenters. The molecule has 0 bridgehead atoms. The highest BCUT2D eigenvalue weighted by molar-refractivity contribution is 6.07. The van der Waals surface area contributed by atoms with Gasteiger partial charge in [0.1, 0.15) is 11.7 Å². The summed E-state index contributed by atoms with van der Waals surface area (Å²) < 4.78 is 15.9. The summed E-state index contributed by atoms with van der Waals surface area (Å²) in [6.07, 6.45) is 0.816. The molecule has 11 nitrogen and oxygen atoms in total. The van der Waals surface area contributed by atoms with Crippen LogP contribution >= 0.6 is 0 Å². The first-order valence-electron chi connectivity index (χ1n) is 15.0. The maximum Gasteiger partial charge on any atom is 0.336 e. The van der Waals surface area contributed by atoms with Gasteiger partial charge in [-0.25, -0.2) is 9.59 Å². The number of benzene rings is 2. The lowest BCUT2D eigenvalue weighted by atomic mass is 9.75. The zero-order chi connectivity index (χ0) is 31.6. The Bertz CT molecular complexity index is 1400. The van der Waals surface area contributed by atoms with E-state index in [4.69, 9.17) is 14.2 Å². The number of anilines is 2. The maximum atomic E-state index is 13.0. The number of esters is 2. The predicted octanol–water partition coefficient (Wildman–Crippen LogP) is 4.21. The zero-order valence-corrected chi connectivity index (χ0v) is 26.2. The largest absolute Gasteiger partial charge is 0.495 e. The molecule has 44 heavy (non-hydrogen) atoms. The van der Waals surface area contributed by atoms with E-state index in [1.54, 1.807) is 46.1 Å². The number of carbonyl (C=O) groups excluding carboxylic acids is 3. The van der Waals surface area contributed by atoms with Crippen LogP contribution in [0.5, 0.6) is 5.75 Å². The number of ether oxygens (including phenoxy) is 3. The Morgan fingerprint density at radius 1 is 1.00 bits per heavy atom. The third-order valence-corrected chi connectivity index (χ3v) is 8.02. The van der Waals surface area contributed by atoms with E-state index in [2.05, 4.69) is 31.5 Å². The first kappa shape index (κ1) is 32.5. The smallest absolute Gasteiger partial charge is 0.336 e. The molecule has 0 aromatic heterocycles. The van der Waals surface area contributed by atoms with Gasteiger partial charge in [-0.2, -0.15) is 0 Å². The van der Waals surface area contributed by atoms with E-state index < -0.39 is 23.8 Å². The van der Waals surface area contributed by atoms with Crippen molar-refractivity contribution in [2.45, 2.75) is 33.1 Å². The van der Waals surface area contributed by atoms with Gasteiger partial charge in [0.25, 0.3) is 0 Å². The number of amides is 2. The molecule has 2 aromatic rings. The van der Waals surface area contributed by atoms with Gasteiger partial charge in [-0.1, -0.05) is 24.3 Å². The second-order valence-corrected chi connectivity index (χ2v) is 10.8. The zero-order valence-electron chi connectivity index (χ0n) is 26.2. The van der Waals surface area contributed by atoms with E-state index in [0.29, 0.717) is 34.8 Å². The number of urea groups is 1. The molecule has 2 unspecified atom stereocenters. The van der Waals surface area contributed by atoms with Crippen LogP contribution in [-0.2, 0) is 19.1 Å². The summed E-state index contributed by atoms with van der Waals surface area (Å²) in [6, 6.07) is 14.9. The normalized spacial score (nSPS) is 18.8. The number of methoxy groups -OCH3 is 2. The minimum Gasteiger partial charge on any atom is -0.495 e. The second kappa shape index (κ2) is 15.4. The number of hydrogen-bond donors (Lipinski definition) is 2. The molecule has 2 aliphatic rings. The first-order valence-corrected chi connectivity index (χ1v) is 15.0. The van der Waals surface area contributed by atoms with Crippen molar-refractivity contribution in [1.29, 1.82) is 0 Å². The van der Waals surface area contributed by atoms with Gasteiger partial charge in [0.05, 0.1) is 32.1 Å². The average molecular weight is 606 g/mol. The number of aliphatic imine (C=N–C) groups is 1. The van der Waals surface area contributed by atoms with Crippen LogP contribution in [0.3, 0.4) is 0 Å². The summed E-state index contributed by atoms with van der Waals surface area (Å²) in [4.78, 5) is 47.8. The van der Waals surface area contributed by atoms with Gasteiger partial charge < -0.3 is 29.7 Å². The molecule has 0 spiro atoms. The van der Waals surface area contributed by atoms with Gasteiger partial charge in [0.2, 0.25) is 0 Å². The number of carbonyl (C=O) groups is 3. The summed E-state index contributed by atoms with van der Waals surface area (Å²) in [6.45, 7) is 10.5. The summed E-state index contributed by atoms with van der Waals surface area (Å²) in [5.41, 5.74) is 3.67. The number of piperazine rings is 1. The van der Waals surface area contributed by atoms with Crippen LogP contribution in [0, 0.1) is 5.92 Å². The fourth-order valence-electron chi connectivity index (χ4n) is 5.90. The molecule has 2 N–H and O–H groups in total. The highest BCUT2D eigenvalue weighted by atomic mass is 16.5. The standard InChI is InChI=1S/C33H43N5O6/c1-6-44-32(40)29-23(3)35-22(2)28(31(39)43-5)30(29)24-11-9-12-25(21-24)36-33(41)34-15-10-16-37-17-19-38(20-18-37)26-13-7-8-14-27(26)42-4/h7-9,11-14,21,28,30H,6,10,15-20H2,1-5H3,(H2,34,36,41). The molecular formula is C33H43N5O6. The average Bonchev–Trinajstić information content (AvgIpc) is 3.03. The lowest BCUT2D eigenvalue weighted by molar-refractivity contribution is -0.144. The summed E-state index contributed by atoms with van der Waals surface area (Å²) >= 11 is 0. The van der Waals surface area contributed by atoms with Crippen molar-refractivity contribution in [2.75, 3.05) is 70.3 Å². The molecule has 1 fully saturated rings. The van der Waals surface area contributed by atoms with Gasteiger partial charge >= 0.3 is 18.0 Å². The lowest BCUT2D eigenvalue weighted by Crippen LogP contribution is -2.47.